The van der Waals surface area contributed by atoms with Crippen LogP contribution in [0.2, 0.25) is 0 Å². The summed E-state index contributed by atoms with van der Waals surface area (Å²) >= 11 is 0. The van der Waals surface area contributed by atoms with Crippen LogP contribution in [-0.4, -0.2) is 24.9 Å². The van der Waals surface area contributed by atoms with Gasteiger partial charge in [-0.3, -0.25) is 0 Å². The number of methoxy groups -OCH3 is 1. The van der Waals surface area contributed by atoms with E-state index in [0.29, 0.717) is 12.6 Å². The first-order valence-electron chi connectivity index (χ1n) is 9.66. The molecule has 0 radical (unpaired) electrons. The lowest BCUT2D eigenvalue weighted by Gasteiger charge is -2.20. The third-order valence-corrected chi connectivity index (χ3v) is 4.30. The van der Waals surface area contributed by atoms with E-state index in [1.54, 1.807) is 7.11 Å². The van der Waals surface area contributed by atoms with Gasteiger partial charge in [0.15, 0.2) is 0 Å². The van der Waals surface area contributed by atoms with Crippen LogP contribution >= 0.6 is 0 Å². The summed E-state index contributed by atoms with van der Waals surface area (Å²) in [5.74, 6) is 0.694. The summed E-state index contributed by atoms with van der Waals surface area (Å²) in [5.41, 5.74) is 0.874. The Kier molecular flexibility index (Phi) is 14.4. The Labute approximate surface area is 144 Å². The SMILES string of the molecule is CCCCCCCCCCCO/C(OC)=C(/CC)C(O)C(C)C. The molecule has 0 aliphatic carbocycles. The first kappa shape index (κ1) is 22.3. The van der Waals surface area contributed by atoms with Crippen molar-refractivity contribution in [3.8, 4) is 0 Å². The zero-order valence-electron chi connectivity index (χ0n) is 16.2. The summed E-state index contributed by atoms with van der Waals surface area (Å²) in [7, 11) is 1.62. The Bertz CT molecular complexity index is 297. The number of hydrogen-bond donors (Lipinski definition) is 1. The molecular formula is C20H40O3. The predicted octanol–water partition coefficient (Wildman–Crippen LogP) is 5.82. The number of hydrogen-bond acceptors (Lipinski definition) is 3. The van der Waals surface area contributed by atoms with E-state index in [9.17, 15) is 5.11 Å². The lowest BCUT2D eigenvalue weighted by atomic mass is 9.98. The van der Waals surface area contributed by atoms with Crippen molar-refractivity contribution in [2.45, 2.75) is 98.0 Å². The van der Waals surface area contributed by atoms with Crippen LogP contribution in [0.4, 0.5) is 0 Å². The summed E-state index contributed by atoms with van der Waals surface area (Å²) in [6.45, 7) is 8.98. The Morgan fingerprint density at radius 2 is 1.39 bits per heavy atom. The standard InChI is InChI=1S/C20H40O3/c1-6-8-9-10-11-12-13-14-15-16-23-20(22-5)18(7-2)19(21)17(3)4/h17,19,21H,6-16H2,1-5H3/b20-18-. The van der Waals surface area contributed by atoms with E-state index < -0.39 is 6.10 Å². The van der Waals surface area contributed by atoms with Gasteiger partial charge in [-0.15, -0.1) is 0 Å². The van der Waals surface area contributed by atoms with Gasteiger partial charge in [0.1, 0.15) is 0 Å². The molecule has 1 N–H and O–H groups in total. The largest absolute Gasteiger partial charge is 0.469 e. The summed E-state index contributed by atoms with van der Waals surface area (Å²) in [6.07, 6.45) is 12.0. The molecule has 1 atom stereocenters. The van der Waals surface area contributed by atoms with Crippen molar-refractivity contribution in [3.63, 3.8) is 0 Å². The van der Waals surface area contributed by atoms with E-state index in [1.807, 2.05) is 20.8 Å². The lowest BCUT2D eigenvalue weighted by Crippen LogP contribution is -2.20. The monoisotopic (exact) mass is 328 g/mol. The molecule has 0 aromatic rings. The number of aliphatic hydroxyl groups excluding tert-OH is 1. The molecule has 0 rings (SSSR count). The van der Waals surface area contributed by atoms with E-state index in [-0.39, 0.29) is 5.92 Å². The van der Waals surface area contributed by atoms with Crippen LogP contribution < -0.4 is 0 Å². The van der Waals surface area contributed by atoms with Crippen molar-refractivity contribution in [2.75, 3.05) is 13.7 Å². The summed E-state index contributed by atoms with van der Waals surface area (Å²) in [6, 6.07) is 0. The number of aliphatic hydroxyl groups is 1. The topological polar surface area (TPSA) is 38.7 Å². The number of ether oxygens (including phenoxy) is 2. The second kappa shape index (κ2) is 14.9. The van der Waals surface area contributed by atoms with Crippen molar-refractivity contribution < 1.29 is 14.6 Å². The zero-order chi connectivity index (χ0) is 17.5. The number of unbranched alkanes of at least 4 members (excludes halogenated alkanes) is 8. The molecule has 0 spiro atoms. The smallest absolute Gasteiger partial charge is 0.280 e. The quantitative estimate of drug-likeness (QED) is 0.304. The van der Waals surface area contributed by atoms with Crippen molar-refractivity contribution in [1.82, 2.24) is 0 Å². The highest BCUT2D eigenvalue weighted by Gasteiger charge is 2.19. The maximum absolute atomic E-state index is 10.2. The number of rotatable bonds is 15. The predicted molar refractivity (Wildman–Crippen MR) is 98.3 cm³/mol. The highest BCUT2D eigenvalue weighted by atomic mass is 16.7. The molecule has 0 heterocycles. The minimum absolute atomic E-state index is 0.173. The summed E-state index contributed by atoms with van der Waals surface area (Å²) in [5, 5.41) is 10.2. The van der Waals surface area contributed by atoms with Crippen LogP contribution in [0.15, 0.2) is 11.5 Å². The van der Waals surface area contributed by atoms with Crippen LogP contribution in [0.1, 0.15) is 91.9 Å². The zero-order valence-corrected chi connectivity index (χ0v) is 16.2. The van der Waals surface area contributed by atoms with Gasteiger partial charge in [0.2, 0.25) is 0 Å². The van der Waals surface area contributed by atoms with Crippen molar-refractivity contribution in [3.05, 3.63) is 11.5 Å². The first-order chi connectivity index (χ1) is 11.1. The van der Waals surface area contributed by atoms with Crippen molar-refractivity contribution in [2.24, 2.45) is 5.92 Å². The molecule has 1 unspecified atom stereocenters. The molecule has 23 heavy (non-hydrogen) atoms. The molecular weight excluding hydrogens is 288 g/mol. The Hall–Kier alpha value is -0.700. The first-order valence-corrected chi connectivity index (χ1v) is 9.66. The normalized spacial score (nSPS) is 13.9. The molecule has 0 aliphatic rings. The minimum Gasteiger partial charge on any atom is -0.469 e. The molecule has 0 saturated carbocycles. The summed E-state index contributed by atoms with van der Waals surface area (Å²) in [4.78, 5) is 0. The van der Waals surface area contributed by atoms with E-state index >= 15 is 0 Å². The molecule has 138 valence electrons. The molecule has 0 amide bonds. The van der Waals surface area contributed by atoms with Crippen LogP contribution in [0.5, 0.6) is 0 Å². The van der Waals surface area contributed by atoms with Gasteiger partial charge in [-0.05, 0) is 18.8 Å². The van der Waals surface area contributed by atoms with Gasteiger partial charge >= 0.3 is 0 Å². The fraction of sp³-hybridized carbons (Fsp3) is 0.900. The van der Waals surface area contributed by atoms with Gasteiger partial charge in [-0.1, -0.05) is 79.1 Å². The molecule has 3 heteroatoms. The third kappa shape index (κ3) is 10.6. The molecule has 0 fully saturated rings. The maximum atomic E-state index is 10.2. The molecule has 0 aliphatic heterocycles. The highest BCUT2D eigenvalue weighted by molar-refractivity contribution is 5.10. The molecule has 0 aromatic heterocycles. The van der Waals surface area contributed by atoms with E-state index in [4.69, 9.17) is 9.47 Å². The van der Waals surface area contributed by atoms with Crippen LogP contribution in [0.3, 0.4) is 0 Å². The fourth-order valence-corrected chi connectivity index (χ4v) is 2.74. The van der Waals surface area contributed by atoms with Crippen LogP contribution in [0, 0.1) is 5.92 Å². The molecule has 3 nitrogen and oxygen atoms in total. The van der Waals surface area contributed by atoms with Gasteiger partial charge in [0, 0.05) is 5.57 Å². The molecule has 0 saturated heterocycles. The summed E-state index contributed by atoms with van der Waals surface area (Å²) < 4.78 is 11.1. The molecule has 0 aromatic carbocycles. The van der Waals surface area contributed by atoms with Gasteiger partial charge in [-0.2, -0.15) is 0 Å². The fourth-order valence-electron chi connectivity index (χ4n) is 2.74. The maximum Gasteiger partial charge on any atom is 0.280 e. The Morgan fingerprint density at radius 3 is 1.83 bits per heavy atom. The van der Waals surface area contributed by atoms with Gasteiger partial charge in [0.05, 0.1) is 19.8 Å². The highest BCUT2D eigenvalue weighted by Crippen LogP contribution is 2.21. The third-order valence-electron chi connectivity index (χ3n) is 4.30. The average molecular weight is 329 g/mol. The minimum atomic E-state index is -0.488. The average Bonchev–Trinajstić information content (AvgIpc) is 2.55. The van der Waals surface area contributed by atoms with E-state index in [1.165, 1.54) is 51.4 Å². The van der Waals surface area contributed by atoms with E-state index in [0.717, 1.165) is 18.4 Å². The lowest BCUT2D eigenvalue weighted by molar-refractivity contribution is 0.0421. The van der Waals surface area contributed by atoms with Crippen molar-refractivity contribution in [1.29, 1.82) is 0 Å². The second-order valence-electron chi connectivity index (χ2n) is 6.74. The van der Waals surface area contributed by atoms with E-state index in [2.05, 4.69) is 6.92 Å². The Morgan fingerprint density at radius 1 is 0.870 bits per heavy atom. The Balaban J connectivity index is 3.91. The van der Waals surface area contributed by atoms with Gasteiger partial charge in [-0.25, -0.2) is 0 Å². The van der Waals surface area contributed by atoms with Crippen molar-refractivity contribution >= 4 is 0 Å². The van der Waals surface area contributed by atoms with Gasteiger partial charge < -0.3 is 14.6 Å². The second-order valence-corrected chi connectivity index (χ2v) is 6.74. The van der Waals surface area contributed by atoms with Gasteiger partial charge in [0.25, 0.3) is 5.95 Å². The van der Waals surface area contributed by atoms with Crippen LogP contribution in [0.25, 0.3) is 0 Å². The molecule has 0 bridgehead atoms. The van der Waals surface area contributed by atoms with Crippen LogP contribution in [-0.2, 0) is 9.47 Å².